The van der Waals surface area contributed by atoms with E-state index in [2.05, 4.69) is 0 Å². The first-order chi connectivity index (χ1) is 15.6. The molecule has 0 spiro atoms. The zero-order valence-electron chi connectivity index (χ0n) is 16.9. The summed E-state index contributed by atoms with van der Waals surface area (Å²) in [7, 11) is 0. The first-order valence-corrected chi connectivity index (χ1v) is 10.2. The minimum atomic E-state index is -1.04. The fourth-order valence-corrected chi connectivity index (χ4v) is 4.31. The van der Waals surface area contributed by atoms with Gasteiger partial charge in [0.1, 0.15) is 5.75 Å². The van der Waals surface area contributed by atoms with Gasteiger partial charge in [-0.15, -0.1) is 0 Å². The largest absolute Gasteiger partial charge is 0.507 e. The van der Waals surface area contributed by atoms with Gasteiger partial charge in [0, 0.05) is 10.9 Å². The summed E-state index contributed by atoms with van der Waals surface area (Å²) in [6.07, 6.45) is 3.27. The molecule has 0 amide bonds. The number of phenols is 1. The summed E-state index contributed by atoms with van der Waals surface area (Å²) in [6.45, 7) is 0. The van der Waals surface area contributed by atoms with E-state index in [1.54, 1.807) is 48.5 Å². The topological polar surface area (TPSA) is 74.6 Å². The number of carboxylic acids is 1. The summed E-state index contributed by atoms with van der Waals surface area (Å²) in [5.74, 6) is -0.980. The molecule has 4 aromatic carbocycles. The van der Waals surface area contributed by atoms with Gasteiger partial charge in [0.2, 0.25) is 0 Å². The first kappa shape index (κ1) is 19.5. The fourth-order valence-electron chi connectivity index (χ4n) is 4.31. The van der Waals surface area contributed by atoms with E-state index >= 15 is 0 Å². The minimum Gasteiger partial charge on any atom is -0.507 e. The Morgan fingerprint density at radius 1 is 0.625 bits per heavy atom. The van der Waals surface area contributed by atoms with Gasteiger partial charge in [-0.3, -0.25) is 4.79 Å². The highest BCUT2D eigenvalue weighted by Crippen LogP contribution is 2.41. The summed E-state index contributed by atoms with van der Waals surface area (Å²) in [5.41, 5.74) is 4.23. The van der Waals surface area contributed by atoms with Crippen molar-refractivity contribution in [3.05, 3.63) is 125 Å². The highest BCUT2D eigenvalue weighted by Gasteiger charge is 2.24. The van der Waals surface area contributed by atoms with E-state index in [1.165, 1.54) is 6.08 Å². The van der Waals surface area contributed by atoms with Crippen LogP contribution in [0.5, 0.6) is 5.75 Å². The van der Waals surface area contributed by atoms with Crippen molar-refractivity contribution in [2.24, 2.45) is 0 Å². The Bertz CT molecular complexity index is 1470. The summed E-state index contributed by atoms with van der Waals surface area (Å²) in [4.78, 5) is 24.6. The van der Waals surface area contributed by atoms with Crippen molar-refractivity contribution >= 4 is 33.7 Å². The van der Waals surface area contributed by atoms with E-state index in [4.69, 9.17) is 0 Å². The molecule has 154 valence electrons. The van der Waals surface area contributed by atoms with Crippen LogP contribution in [-0.4, -0.2) is 22.0 Å². The number of fused-ring (bicyclic) bond motifs is 2. The molecule has 0 saturated carbocycles. The molecule has 0 saturated heterocycles. The highest BCUT2D eigenvalue weighted by molar-refractivity contribution is 6.19. The molecule has 1 aliphatic carbocycles. The van der Waals surface area contributed by atoms with E-state index in [1.807, 2.05) is 42.5 Å². The number of aromatic hydroxyl groups is 1. The Morgan fingerprint density at radius 3 is 2.00 bits per heavy atom. The van der Waals surface area contributed by atoms with Crippen molar-refractivity contribution < 1.29 is 19.8 Å². The van der Waals surface area contributed by atoms with Crippen LogP contribution in [0.15, 0.2) is 97.1 Å². The van der Waals surface area contributed by atoms with E-state index in [9.17, 15) is 19.8 Å². The smallest absolute Gasteiger partial charge is 0.336 e. The lowest BCUT2D eigenvalue weighted by Crippen LogP contribution is -2.09. The number of ketones is 1. The first-order valence-electron chi connectivity index (χ1n) is 10.2. The number of carbonyl (C=O) groups is 2. The maximum atomic E-state index is 12.5. The number of phenolic OH excluding ortho intramolecular Hbond substituents is 1. The number of allylic oxidation sites excluding steroid dienone is 3. The second kappa shape index (κ2) is 7.67. The van der Waals surface area contributed by atoms with Crippen molar-refractivity contribution in [1.29, 1.82) is 0 Å². The van der Waals surface area contributed by atoms with Crippen LogP contribution in [0.4, 0.5) is 0 Å². The molecule has 4 heteroatoms. The number of hydrogen-bond acceptors (Lipinski definition) is 3. The maximum absolute atomic E-state index is 12.5. The maximum Gasteiger partial charge on any atom is 0.336 e. The van der Waals surface area contributed by atoms with Crippen molar-refractivity contribution in [2.45, 2.75) is 0 Å². The minimum absolute atomic E-state index is 0.0919. The van der Waals surface area contributed by atoms with Crippen LogP contribution in [0.25, 0.3) is 21.9 Å². The third-order valence-electron chi connectivity index (χ3n) is 5.75. The van der Waals surface area contributed by atoms with Gasteiger partial charge in [0.15, 0.2) is 5.78 Å². The third kappa shape index (κ3) is 3.10. The van der Waals surface area contributed by atoms with Crippen molar-refractivity contribution in [3.8, 4) is 5.75 Å². The van der Waals surface area contributed by atoms with Gasteiger partial charge in [-0.25, -0.2) is 4.79 Å². The fraction of sp³-hybridized carbons (Fsp3) is 0. The molecular weight excluding hydrogens is 400 g/mol. The van der Waals surface area contributed by atoms with Crippen LogP contribution < -0.4 is 0 Å². The predicted molar refractivity (Wildman–Crippen MR) is 125 cm³/mol. The number of hydrogen-bond donors (Lipinski definition) is 2. The highest BCUT2D eigenvalue weighted by atomic mass is 16.4. The SMILES string of the molecule is O=C1C=C/C(=C(/c2ccccc2C(=O)O)c2ccc(O)c3ccccc23)c2ccccc21. The van der Waals surface area contributed by atoms with Gasteiger partial charge in [0.05, 0.1) is 5.56 Å². The molecule has 2 N–H and O–H groups in total. The van der Waals surface area contributed by atoms with Gasteiger partial charge >= 0.3 is 5.97 Å². The van der Waals surface area contributed by atoms with Crippen LogP contribution in [0, 0.1) is 0 Å². The van der Waals surface area contributed by atoms with Gasteiger partial charge in [-0.2, -0.15) is 0 Å². The molecule has 0 atom stereocenters. The predicted octanol–water partition coefficient (Wildman–Crippen LogP) is 5.96. The summed E-state index contributed by atoms with van der Waals surface area (Å²) >= 11 is 0. The van der Waals surface area contributed by atoms with Crippen LogP contribution in [0.3, 0.4) is 0 Å². The molecule has 0 heterocycles. The number of rotatable bonds is 3. The van der Waals surface area contributed by atoms with Gasteiger partial charge in [-0.05, 0) is 57.5 Å². The molecule has 0 bridgehead atoms. The number of benzene rings is 4. The van der Waals surface area contributed by atoms with Gasteiger partial charge < -0.3 is 10.2 Å². The van der Waals surface area contributed by atoms with Crippen molar-refractivity contribution in [3.63, 3.8) is 0 Å². The molecule has 0 fully saturated rings. The molecule has 0 aliphatic heterocycles. The molecule has 4 nitrogen and oxygen atoms in total. The lowest BCUT2D eigenvalue weighted by Gasteiger charge is -2.21. The average molecular weight is 418 g/mol. The van der Waals surface area contributed by atoms with Gasteiger partial charge in [-0.1, -0.05) is 72.8 Å². The summed E-state index contributed by atoms with van der Waals surface area (Å²) in [5, 5.41) is 21.8. The monoisotopic (exact) mass is 418 g/mol. The Morgan fingerprint density at radius 2 is 1.25 bits per heavy atom. The third-order valence-corrected chi connectivity index (χ3v) is 5.75. The Kier molecular flexibility index (Phi) is 4.68. The molecule has 4 aromatic rings. The zero-order chi connectivity index (χ0) is 22.2. The second-order valence-corrected chi connectivity index (χ2v) is 7.56. The number of carbonyl (C=O) groups excluding carboxylic acids is 1. The van der Waals surface area contributed by atoms with E-state index in [-0.39, 0.29) is 17.1 Å². The van der Waals surface area contributed by atoms with Crippen molar-refractivity contribution in [2.75, 3.05) is 0 Å². The normalized spacial score (nSPS) is 14.3. The molecule has 0 unspecified atom stereocenters. The molecule has 5 rings (SSSR count). The van der Waals surface area contributed by atoms with Crippen LogP contribution in [0.2, 0.25) is 0 Å². The Balaban J connectivity index is 1.96. The molecule has 0 radical (unpaired) electrons. The Labute approximate surface area is 184 Å². The van der Waals surface area contributed by atoms with Crippen LogP contribution >= 0.6 is 0 Å². The zero-order valence-corrected chi connectivity index (χ0v) is 16.9. The van der Waals surface area contributed by atoms with E-state index in [0.717, 1.165) is 22.1 Å². The van der Waals surface area contributed by atoms with Crippen LogP contribution in [0.1, 0.15) is 37.4 Å². The number of carboxylic acid groups (broad SMARTS) is 1. The lowest BCUT2D eigenvalue weighted by atomic mass is 9.81. The molecule has 1 aliphatic rings. The standard InChI is InChI=1S/C28H18O4/c29-25-15-13-22(17-7-1-3-9-19(17)25)27(21-11-5-6-12-24(21)28(31)32)23-14-16-26(30)20-10-4-2-8-18(20)23/h1-16,29H,(H,31,32)/b27-23+. The van der Waals surface area contributed by atoms with E-state index < -0.39 is 5.97 Å². The van der Waals surface area contributed by atoms with Crippen LogP contribution in [-0.2, 0) is 0 Å². The lowest BCUT2D eigenvalue weighted by molar-refractivity contribution is 0.0696. The molecular formula is C28H18O4. The second-order valence-electron chi connectivity index (χ2n) is 7.56. The quantitative estimate of drug-likeness (QED) is 0.431. The number of aromatic carboxylic acids is 1. The van der Waals surface area contributed by atoms with Crippen molar-refractivity contribution in [1.82, 2.24) is 0 Å². The summed E-state index contributed by atoms with van der Waals surface area (Å²) < 4.78 is 0. The molecule has 0 aromatic heterocycles. The Hall–Kier alpha value is -4.44. The average Bonchev–Trinajstić information content (AvgIpc) is 2.82. The molecule has 32 heavy (non-hydrogen) atoms. The summed E-state index contributed by atoms with van der Waals surface area (Å²) in [6, 6.07) is 25.0. The van der Waals surface area contributed by atoms with E-state index in [0.29, 0.717) is 22.1 Å². The van der Waals surface area contributed by atoms with Gasteiger partial charge in [0.25, 0.3) is 0 Å².